The number of aryl methyl sites for hydroxylation is 2. The zero-order chi connectivity index (χ0) is 13.9. The molecular weight excluding hydrogens is 248 g/mol. The molecule has 0 aliphatic heterocycles. The molecule has 3 nitrogen and oxygen atoms in total. The monoisotopic (exact) mass is 272 g/mol. The molecule has 1 amide bonds. The van der Waals surface area contributed by atoms with Crippen molar-refractivity contribution in [3.63, 3.8) is 0 Å². The van der Waals surface area contributed by atoms with E-state index in [1.807, 2.05) is 6.07 Å². The fraction of sp³-hybridized carbons (Fsp3) is 0.588. The van der Waals surface area contributed by atoms with Gasteiger partial charge in [-0.1, -0.05) is 6.07 Å². The summed E-state index contributed by atoms with van der Waals surface area (Å²) < 4.78 is 0. The number of hydrogen-bond acceptors (Lipinski definition) is 2. The molecule has 2 aliphatic rings. The molecule has 0 radical (unpaired) electrons. The Labute approximate surface area is 121 Å². The van der Waals surface area contributed by atoms with E-state index in [0.29, 0.717) is 12.6 Å². The maximum Gasteiger partial charge on any atom is 0.254 e. The minimum atomic E-state index is 0.206. The zero-order valence-corrected chi connectivity index (χ0v) is 12.1. The van der Waals surface area contributed by atoms with Crippen LogP contribution in [0.25, 0.3) is 0 Å². The van der Waals surface area contributed by atoms with Crippen LogP contribution in [0, 0.1) is 0 Å². The van der Waals surface area contributed by atoms with Crippen LogP contribution in [0.1, 0.15) is 53.6 Å². The van der Waals surface area contributed by atoms with E-state index in [-0.39, 0.29) is 5.91 Å². The number of carbonyl (C=O) groups is 1. The Balaban J connectivity index is 1.77. The molecule has 2 N–H and O–H groups in total. The Bertz CT molecular complexity index is 494. The molecule has 0 aromatic heterocycles. The Morgan fingerprint density at radius 1 is 1.20 bits per heavy atom. The summed E-state index contributed by atoms with van der Waals surface area (Å²) in [6.45, 7) is 1.46. The highest BCUT2D eigenvalue weighted by molar-refractivity contribution is 5.94. The molecule has 2 aliphatic carbocycles. The number of nitrogens with two attached hydrogens (primary N) is 1. The molecule has 1 aromatic rings. The van der Waals surface area contributed by atoms with E-state index in [1.165, 1.54) is 30.4 Å². The number of nitrogens with zero attached hydrogens (tertiary/aromatic N) is 1. The fourth-order valence-corrected chi connectivity index (χ4v) is 3.28. The molecule has 1 saturated carbocycles. The van der Waals surface area contributed by atoms with E-state index < -0.39 is 0 Å². The third kappa shape index (κ3) is 2.59. The summed E-state index contributed by atoms with van der Waals surface area (Å²) in [6.07, 6.45) is 7.98. The molecule has 0 atom stereocenters. The van der Waals surface area contributed by atoms with E-state index in [2.05, 4.69) is 17.0 Å². The molecule has 0 saturated heterocycles. The van der Waals surface area contributed by atoms with Crippen molar-refractivity contribution < 1.29 is 4.79 Å². The summed E-state index contributed by atoms with van der Waals surface area (Å²) in [4.78, 5) is 14.8. The average Bonchev–Trinajstić information content (AvgIpc) is 2.87. The van der Waals surface area contributed by atoms with Gasteiger partial charge in [0.25, 0.3) is 5.91 Å². The maximum absolute atomic E-state index is 12.8. The van der Waals surface area contributed by atoms with Crippen LogP contribution in [0.4, 0.5) is 0 Å². The van der Waals surface area contributed by atoms with Crippen molar-refractivity contribution in [2.24, 2.45) is 5.73 Å². The molecular formula is C17H24N2O. The minimum absolute atomic E-state index is 0.206. The van der Waals surface area contributed by atoms with E-state index in [0.717, 1.165) is 37.8 Å². The van der Waals surface area contributed by atoms with E-state index in [9.17, 15) is 4.79 Å². The predicted octanol–water partition coefficient (Wildman–Crippen LogP) is 2.52. The maximum atomic E-state index is 12.8. The summed E-state index contributed by atoms with van der Waals surface area (Å²) in [5, 5.41) is 0. The first-order chi connectivity index (χ1) is 9.79. The van der Waals surface area contributed by atoms with Gasteiger partial charge < -0.3 is 10.6 Å². The topological polar surface area (TPSA) is 46.3 Å². The lowest BCUT2D eigenvalue weighted by molar-refractivity contribution is 0.0578. The number of amides is 1. The molecule has 3 rings (SSSR count). The predicted molar refractivity (Wildman–Crippen MR) is 80.8 cm³/mol. The van der Waals surface area contributed by atoms with Crippen molar-refractivity contribution in [3.05, 3.63) is 34.9 Å². The van der Waals surface area contributed by atoms with Gasteiger partial charge in [0, 0.05) is 18.2 Å². The highest BCUT2D eigenvalue weighted by atomic mass is 16.2. The summed E-state index contributed by atoms with van der Waals surface area (Å²) in [5.74, 6) is 0.206. The normalized spacial score (nSPS) is 17.6. The second kappa shape index (κ2) is 5.96. The quantitative estimate of drug-likeness (QED) is 0.895. The van der Waals surface area contributed by atoms with Gasteiger partial charge in [-0.2, -0.15) is 0 Å². The van der Waals surface area contributed by atoms with E-state index >= 15 is 0 Å². The van der Waals surface area contributed by atoms with Crippen LogP contribution < -0.4 is 5.73 Å². The highest BCUT2D eigenvalue weighted by Gasteiger charge is 2.29. The summed E-state index contributed by atoms with van der Waals surface area (Å²) in [5.41, 5.74) is 9.29. The Morgan fingerprint density at radius 2 is 2.00 bits per heavy atom. The Morgan fingerprint density at radius 3 is 2.70 bits per heavy atom. The van der Waals surface area contributed by atoms with Gasteiger partial charge in [0.2, 0.25) is 0 Å². The summed E-state index contributed by atoms with van der Waals surface area (Å²) in [7, 11) is 0. The standard InChI is InChI=1S/C17H24N2O/c18-10-3-11-19(16-6-2-7-16)17(20)15-9-8-13-4-1-5-14(13)12-15/h8-9,12,16H,1-7,10-11,18H2. The largest absolute Gasteiger partial charge is 0.336 e. The zero-order valence-electron chi connectivity index (χ0n) is 12.1. The van der Waals surface area contributed by atoms with Crippen molar-refractivity contribution in [3.8, 4) is 0 Å². The fourth-order valence-electron chi connectivity index (χ4n) is 3.28. The lowest BCUT2D eigenvalue weighted by atomic mass is 9.90. The molecule has 1 fully saturated rings. The number of hydrogen-bond donors (Lipinski definition) is 1. The van der Waals surface area contributed by atoms with Gasteiger partial charge in [-0.25, -0.2) is 0 Å². The first-order valence-corrected chi connectivity index (χ1v) is 7.92. The lowest BCUT2D eigenvalue weighted by Gasteiger charge is -2.37. The lowest BCUT2D eigenvalue weighted by Crippen LogP contribution is -2.45. The Hall–Kier alpha value is -1.35. The van der Waals surface area contributed by atoms with Gasteiger partial charge in [0.1, 0.15) is 0 Å². The average molecular weight is 272 g/mol. The number of fused-ring (bicyclic) bond motifs is 1. The molecule has 108 valence electrons. The molecule has 0 spiro atoms. The van der Waals surface area contributed by atoms with E-state index in [1.54, 1.807) is 0 Å². The molecule has 0 bridgehead atoms. The van der Waals surface area contributed by atoms with Crippen LogP contribution >= 0.6 is 0 Å². The van der Waals surface area contributed by atoms with Crippen molar-refractivity contribution in [2.75, 3.05) is 13.1 Å². The van der Waals surface area contributed by atoms with Gasteiger partial charge in [-0.05, 0) is 74.8 Å². The smallest absolute Gasteiger partial charge is 0.254 e. The van der Waals surface area contributed by atoms with Gasteiger partial charge in [0.15, 0.2) is 0 Å². The van der Waals surface area contributed by atoms with Crippen LogP contribution in [0.3, 0.4) is 0 Å². The second-order valence-corrected chi connectivity index (χ2v) is 6.06. The number of benzene rings is 1. The van der Waals surface area contributed by atoms with Crippen molar-refractivity contribution in [2.45, 2.75) is 51.0 Å². The van der Waals surface area contributed by atoms with Gasteiger partial charge in [0.05, 0.1) is 0 Å². The minimum Gasteiger partial charge on any atom is -0.336 e. The molecule has 0 unspecified atom stereocenters. The second-order valence-electron chi connectivity index (χ2n) is 6.06. The van der Waals surface area contributed by atoms with Crippen LogP contribution in [0.15, 0.2) is 18.2 Å². The van der Waals surface area contributed by atoms with E-state index in [4.69, 9.17) is 5.73 Å². The van der Waals surface area contributed by atoms with Crippen LogP contribution in [-0.2, 0) is 12.8 Å². The third-order valence-corrected chi connectivity index (χ3v) is 4.72. The first kappa shape index (κ1) is 13.6. The molecule has 3 heteroatoms. The van der Waals surface area contributed by atoms with Gasteiger partial charge in [-0.15, -0.1) is 0 Å². The first-order valence-electron chi connectivity index (χ1n) is 7.92. The molecule has 1 aromatic carbocycles. The molecule has 20 heavy (non-hydrogen) atoms. The van der Waals surface area contributed by atoms with Gasteiger partial charge >= 0.3 is 0 Å². The molecule has 0 heterocycles. The van der Waals surface area contributed by atoms with Crippen molar-refractivity contribution in [1.29, 1.82) is 0 Å². The van der Waals surface area contributed by atoms with Crippen LogP contribution in [0.2, 0.25) is 0 Å². The van der Waals surface area contributed by atoms with Crippen molar-refractivity contribution >= 4 is 5.91 Å². The van der Waals surface area contributed by atoms with Gasteiger partial charge in [-0.3, -0.25) is 4.79 Å². The highest BCUT2D eigenvalue weighted by Crippen LogP contribution is 2.28. The summed E-state index contributed by atoms with van der Waals surface area (Å²) in [6, 6.07) is 6.74. The third-order valence-electron chi connectivity index (χ3n) is 4.72. The number of carbonyl (C=O) groups excluding carboxylic acids is 1. The van der Waals surface area contributed by atoms with Crippen LogP contribution in [-0.4, -0.2) is 29.9 Å². The SMILES string of the molecule is NCCCN(C(=O)c1ccc2c(c1)CCC2)C1CCC1. The number of rotatable bonds is 5. The summed E-state index contributed by atoms with van der Waals surface area (Å²) >= 11 is 0. The Kier molecular flexibility index (Phi) is 4.06. The van der Waals surface area contributed by atoms with Crippen LogP contribution in [0.5, 0.6) is 0 Å². The van der Waals surface area contributed by atoms with Crippen molar-refractivity contribution in [1.82, 2.24) is 4.90 Å².